The van der Waals surface area contributed by atoms with Gasteiger partial charge in [-0.05, 0) is 30.4 Å². The van der Waals surface area contributed by atoms with Gasteiger partial charge in [-0.3, -0.25) is 10.1 Å². The number of halogens is 3. The second-order valence-corrected chi connectivity index (χ2v) is 9.41. The fourth-order valence-electron chi connectivity index (χ4n) is 3.40. The van der Waals surface area contributed by atoms with Crippen molar-refractivity contribution in [3.63, 3.8) is 0 Å². The quantitative estimate of drug-likeness (QED) is 0.312. The van der Waals surface area contributed by atoms with Crippen LogP contribution in [0.5, 0.6) is 0 Å². The smallest absolute Gasteiger partial charge is 0.295 e. The average Bonchev–Trinajstić information content (AvgIpc) is 3.53. The molecule has 1 amide bonds. The number of rotatable bonds is 8. The van der Waals surface area contributed by atoms with E-state index in [0.29, 0.717) is 9.39 Å². The summed E-state index contributed by atoms with van der Waals surface area (Å²) in [5.74, 6) is -0.409. The molecule has 0 aromatic carbocycles. The fraction of sp³-hybridized carbons (Fsp3) is 0.381. The van der Waals surface area contributed by atoms with Crippen molar-refractivity contribution in [1.29, 1.82) is 0 Å². The first-order valence-electron chi connectivity index (χ1n) is 10.5. The summed E-state index contributed by atoms with van der Waals surface area (Å²) < 4.78 is 41.7. The van der Waals surface area contributed by atoms with Crippen LogP contribution in [0.25, 0.3) is 16.2 Å². The van der Waals surface area contributed by atoms with Crippen LogP contribution >= 0.6 is 22.7 Å². The molecule has 33 heavy (non-hydrogen) atoms. The van der Waals surface area contributed by atoms with Gasteiger partial charge in [0.05, 0.1) is 10.6 Å². The number of carbonyl (C=O) groups is 1. The molecule has 4 rings (SSSR count). The van der Waals surface area contributed by atoms with Crippen molar-refractivity contribution in [2.24, 2.45) is 0 Å². The van der Waals surface area contributed by atoms with Crippen LogP contribution in [0.3, 0.4) is 0 Å². The van der Waals surface area contributed by atoms with Gasteiger partial charge >= 0.3 is 6.18 Å². The molecule has 1 N–H and O–H groups in total. The van der Waals surface area contributed by atoms with E-state index in [0.717, 1.165) is 36.8 Å². The Morgan fingerprint density at radius 2 is 2.06 bits per heavy atom. The lowest BCUT2D eigenvalue weighted by atomic mass is 10.0. The Morgan fingerprint density at radius 3 is 2.73 bits per heavy atom. The van der Waals surface area contributed by atoms with Gasteiger partial charge in [0.15, 0.2) is 17.0 Å². The minimum Gasteiger partial charge on any atom is -0.295 e. The monoisotopic (exact) mass is 494 g/mol. The normalized spacial score (nSPS) is 12.9. The van der Waals surface area contributed by atoms with Gasteiger partial charge in [0.1, 0.15) is 5.01 Å². The van der Waals surface area contributed by atoms with E-state index in [9.17, 15) is 18.0 Å². The van der Waals surface area contributed by atoms with E-state index in [4.69, 9.17) is 0 Å². The average molecular weight is 495 g/mol. The molecule has 0 saturated heterocycles. The third-order valence-electron chi connectivity index (χ3n) is 5.13. The zero-order valence-electron chi connectivity index (χ0n) is 17.9. The highest BCUT2D eigenvalue weighted by Crippen LogP contribution is 2.34. The molecule has 4 aromatic heterocycles. The second-order valence-electron chi connectivity index (χ2n) is 7.45. The molecule has 0 aliphatic rings. The van der Waals surface area contributed by atoms with Crippen molar-refractivity contribution in [3.05, 3.63) is 46.0 Å². The highest BCUT2D eigenvalue weighted by atomic mass is 32.1. The number of unbranched alkanes of at least 4 members (excludes halogenated alkanes) is 1. The van der Waals surface area contributed by atoms with Crippen LogP contribution in [-0.4, -0.2) is 30.7 Å². The zero-order chi connectivity index (χ0) is 23.6. The van der Waals surface area contributed by atoms with Crippen LogP contribution in [-0.2, 0) is 6.18 Å². The maximum absolute atomic E-state index is 13.7. The molecular formula is C21H21F3N6OS2. The lowest BCUT2D eigenvalue weighted by Crippen LogP contribution is -2.15. The first kappa shape index (κ1) is 23.3. The molecule has 1 atom stereocenters. The summed E-state index contributed by atoms with van der Waals surface area (Å²) in [5.41, 5.74) is -1.09. The van der Waals surface area contributed by atoms with Crippen LogP contribution in [0.2, 0.25) is 0 Å². The van der Waals surface area contributed by atoms with Gasteiger partial charge in [-0.2, -0.15) is 18.3 Å². The second kappa shape index (κ2) is 9.56. The summed E-state index contributed by atoms with van der Waals surface area (Å²) in [6.07, 6.45) is -0.624. The third kappa shape index (κ3) is 5.06. The number of nitrogens with one attached hydrogen (secondary N) is 1. The van der Waals surface area contributed by atoms with Crippen molar-refractivity contribution in [2.45, 2.75) is 51.6 Å². The number of carbonyl (C=O) groups excluding carboxylic acids is 1. The molecule has 0 aliphatic carbocycles. The van der Waals surface area contributed by atoms with Crippen molar-refractivity contribution in [3.8, 4) is 10.6 Å². The Morgan fingerprint density at radius 1 is 1.24 bits per heavy atom. The molecule has 7 nitrogen and oxygen atoms in total. The molecule has 0 saturated carbocycles. The van der Waals surface area contributed by atoms with Gasteiger partial charge in [0.2, 0.25) is 5.13 Å². The summed E-state index contributed by atoms with van der Waals surface area (Å²) in [6.45, 7) is 4.20. The first-order valence-corrected chi connectivity index (χ1v) is 12.2. The maximum Gasteiger partial charge on any atom is 0.433 e. The maximum atomic E-state index is 13.7. The number of aromatic nitrogens is 5. The molecule has 0 bridgehead atoms. The SMILES string of the molecule is CCCCC(CC)c1nnc(NC(=O)c2cc3nc(-c4cccs4)cc(C(F)(F)F)n3n2)s1. The van der Waals surface area contributed by atoms with Gasteiger partial charge in [-0.25, -0.2) is 9.50 Å². The van der Waals surface area contributed by atoms with Gasteiger partial charge < -0.3 is 0 Å². The van der Waals surface area contributed by atoms with Crippen LogP contribution < -0.4 is 5.32 Å². The highest BCUT2D eigenvalue weighted by molar-refractivity contribution is 7.15. The molecule has 4 heterocycles. The number of anilines is 1. The Balaban J connectivity index is 1.62. The zero-order valence-corrected chi connectivity index (χ0v) is 19.5. The molecule has 0 aliphatic heterocycles. The van der Waals surface area contributed by atoms with Crippen LogP contribution in [0.1, 0.15) is 66.6 Å². The molecule has 1 unspecified atom stereocenters. The molecule has 0 fully saturated rings. The molecule has 0 radical (unpaired) electrons. The number of nitrogens with zero attached hydrogens (tertiary/aromatic N) is 5. The van der Waals surface area contributed by atoms with E-state index in [1.165, 1.54) is 28.7 Å². The highest BCUT2D eigenvalue weighted by Gasteiger charge is 2.36. The van der Waals surface area contributed by atoms with Crippen LogP contribution in [0.4, 0.5) is 18.3 Å². The number of alkyl halides is 3. The number of hydrogen-bond acceptors (Lipinski definition) is 7. The van der Waals surface area contributed by atoms with E-state index in [1.807, 2.05) is 0 Å². The Hall–Kier alpha value is -2.86. The van der Waals surface area contributed by atoms with E-state index >= 15 is 0 Å². The van der Waals surface area contributed by atoms with Crippen molar-refractivity contribution >= 4 is 39.4 Å². The Kier molecular flexibility index (Phi) is 6.75. The van der Waals surface area contributed by atoms with Crippen molar-refractivity contribution < 1.29 is 18.0 Å². The van der Waals surface area contributed by atoms with E-state index in [2.05, 4.69) is 39.4 Å². The van der Waals surface area contributed by atoms with E-state index in [1.54, 1.807) is 17.5 Å². The number of thiophene rings is 1. The largest absolute Gasteiger partial charge is 0.433 e. The third-order valence-corrected chi connectivity index (χ3v) is 7.03. The van der Waals surface area contributed by atoms with Gasteiger partial charge in [-0.1, -0.05) is 44.1 Å². The minimum atomic E-state index is -4.67. The summed E-state index contributed by atoms with van der Waals surface area (Å²) in [7, 11) is 0. The minimum absolute atomic E-state index is 0.0676. The Bertz CT molecular complexity index is 1250. The van der Waals surface area contributed by atoms with Crippen LogP contribution in [0.15, 0.2) is 29.6 Å². The lowest BCUT2D eigenvalue weighted by molar-refractivity contribution is -0.142. The molecule has 4 aromatic rings. The molecule has 12 heteroatoms. The van der Waals surface area contributed by atoms with Gasteiger partial charge in [0.25, 0.3) is 5.91 Å². The van der Waals surface area contributed by atoms with E-state index in [-0.39, 0.29) is 28.1 Å². The van der Waals surface area contributed by atoms with E-state index < -0.39 is 17.8 Å². The summed E-state index contributed by atoms with van der Waals surface area (Å²) in [6, 6.07) is 5.59. The van der Waals surface area contributed by atoms with Crippen LogP contribution in [0, 0.1) is 0 Å². The topological polar surface area (TPSA) is 85.1 Å². The fourth-order valence-corrected chi connectivity index (χ4v) is 5.04. The first-order chi connectivity index (χ1) is 15.8. The lowest BCUT2D eigenvalue weighted by Gasteiger charge is -2.10. The standard InChI is InChI=1S/C21H21F3N6OS2/c1-3-5-7-12(4-2)19-27-28-20(33-19)26-18(31)14-11-17-25-13(15-8-6-9-32-15)10-16(21(22,23)24)30(17)29-14/h6,8-12H,3-5,7H2,1-2H3,(H,26,28,31). The number of hydrogen-bond donors (Lipinski definition) is 1. The van der Waals surface area contributed by atoms with Crippen molar-refractivity contribution in [2.75, 3.05) is 5.32 Å². The number of amides is 1. The summed E-state index contributed by atoms with van der Waals surface area (Å²) in [4.78, 5) is 17.6. The predicted molar refractivity (Wildman–Crippen MR) is 122 cm³/mol. The summed E-state index contributed by atoms with van der Waals surface area (Å²) in [5, 5.41) is 17.6. The predicted octanol–water partition coefficient (Wildman–Crippen LogP) is 6.26. The molecular weight excluding hydrogens is 473 g/mol. The van der Waals surface area contributed by atoms with Gasteiger partial charge in [-0.15, -0.1) is 21.5 Å². The Labute approximate surface area is 195 Å². The number of fused-ring (bicyclic) bond motifs is 1. The molecule has 174 valence electrons. The summed E-state index contributed by atoms with van der Waals surface area (Å²) >= 11 is 2.55. The molecule has 0 spiro atoms. The van der Waals surface area contributed by atoms with Crippen molar-refractivity contribution in [1.82, 2.24) is 24.8 Å². The van der Waals surface area contributed by atoms with Gasteiger partial charge in [0, 0.05) is 12.0 Å².